The summed E-state index contributed by atoms with van der Waals surface area (Å²) < 4.78 is 7.21. The Bertz CT molecular complexity index is 338. The fourth-order valence-corrected chi connectivity index (χ4v) is 1.60. The van der Waals surface area contributed by atoms with Crippen molar-refractivity contribution in [2.45, 2.75) is 38.8 Å². The number of rotatable bonds is 0. The molecule has 1 aliphatic rings. The summed E-state index contributed by atoms with van der Waals surface area (Å²) in [5, 5.41) is 13.6. The normalized spacial score (nSPS) is 21.6. The van der Waals surface area contributed by atoms with E-state index in [0.717, 1.165) is 11.4 Å². The van der Waals surface area contributed by atoms with Crippen LogP contribution < -0.4 is 4.74 Å². The predicted octanol–water partition coefficient (Wildman–Crippen LogP) is 0.934. The molecule has 0 aliphatic carbocycles. The zero-order valence-electron chi connectivity index (χ0n) is 8.82. The molecule has 0 bridgehead atoms. The average molecular weight is 196 g/mol. The molecule has 1 aliphatic heterocycles. The number of ether oxygens (including phenoxy) is 1. The van der Waals surface area contributed by atoms with Gasteiger partial charge in [-0.1, -0.05) is 20.8 Å². The molecular formula is C10H16N2O2. The first-order valence-corrected chi connectivity index (χ1v) is 4.85. The fourth-order valence-electron chi connectivity index (χ4n) is 1.60. The van der Waals surface area contributed by atoms with E-state index in [1.165, 1.54) is 0 Å². The van der Waals surface area contributed by atoms with E-state index in [4.69, 9.17) is 4.74 Å². The molecule has 0 saturated heterocycles. The van der Waals surface area contributed by atoms with E-state index in [2.05, 4.69) is 25.9 Å². The van der Waals surface area contributed by atoms with Gasteiger partial charge in [-0.25, -0.2) is 4.68 Å². The number of fused-ring (bicyclic) bond motifs is 1. The van der Waals surface area contributed by atoms with Crippen LogP contribution in [0.1, 0.15) is 26.3 Å². The van der Waals surface area contributed by atoms with Crippen molar-refractivity contribution in [3.8, 4) is 5.88 Å². The minimum absolute atomic E-state index is 0.0376. The third kappa shape index (κ3) is 1.50. The van der Waals surface area contributed by atoms with Crippen LogP contribution >= 0.6 is 0 Å². The molecule has 0 aromatic carbocycles. The van der Waals surface area contributed by atoms with Crippen molar-refractivity contribution in [1.82, 2.24) is 9.78 Å². The third-order valence-corrected chi connectivity index (χ3v) is 2.40. The Balaban J connectivity index is 2.38. The highest BCUT2D eigenvalue weighted by molar-refractivity contribution is 5.31. The maximum Gasteiger partial charge on any atom is 0.215 e. The van der Waals surface area contributed by atoms with Gasteiger partial charge < -0.3 is 9.84 Å². The Morgan fingerprint density at radius 2 is 2.29 bits per heavy atom. The fraction of sp³-hybridized carbons (Fsp3) is 0.700. The minimum atomic E-state index is -0.435. The number of aliphatic hydroxyl groups excluding tert-OH is 1. The number of nitrogens with zero attached hydrogens (tertiary/aromatic N) is 2. The Morgan fingerprint density at radius 3 is 2.93 bits per heavy atom. The largest absolute Gasteiger partial charge is 0.475 e. The van der Waals surface area contributed by atoms with Crippen molar-refractivity contribution in [2.75, 3.05) is 6.61 Å². The minimum Gasteiger partial charge on any atom is -0.475 e. The SMILES string of the molecule is CC(C)(C)c1cnn2c1OC[C@H](O)C2. The van der Waals surface area contributed by atoms with Crippen molar-refractivity contribution in [3.63, 3.8) is 0 Å². The monoisotopic (exact) mass is 196 g/mol. The second-order valence-electron chi connectivity index (χ2n) is 4.76. The van der Waals surface area contributed by atoms with Crippen molar-refractivity contribution in [3.05, 3.63) is 11.8 Å². The molecule has 14 heavy (non-hydrogen) atoms. The summed E-state index contributed by atoms with van der Waals surface area (Å²) in [5.74, 6) is 0.808. The van der Waals surface area contributed by atoms with Crippen LogP contribution in [0.15, 0.2) is 6.20 Å². The summed E-state index contributed by atoms with van der Waals surface area (Å²) in [4.78, 5) is 0. The highest BCUT2D eigenvalue weighted by Crippen LogP contribution is 2.32. The topological polar surface area (TPSA) is 47.3 Å². The van der Waals surface area contributed by atoms with E-state index in [0.29, 0.717) is 13.2 Å². The van der Waals surface area contributed by atoms with Gasteiger partial charge in [0.05, 0.1) is 12.7 Å². The quantitative estimate of drug-likeness (QED) is 0.671. The summed E-state index contributed by atoms with van der Waals surface area (Å²) in [7, 11) is 0. The lowest BCUT2D eigenvalue weighted by molar-refractivity contribution is 0.0545. The molecule has 0 saturated carbocycles. The first kappa shape index (κ1) is 9.52. The molecule has 1 atom stereocenters. The number of hydrogen-bond donors (Lipinski definition) is 1. The van der Waals surface area contributed by atoms with E-state index in [-0.39, 0.29) is 5.41 Å². The second-order valence-corrected chi connectivity index (χ2v) is 4.76. The van der Waals surface area contributed by atoms with Gasteiger partial charge in [0, 0.05) is 5.56 Å². The van der Waals surface area contributed by atoms with E-state index in [9.17, 15) is 5.11 Å². The van der Waals surface area contributed by atoms with Gasteiger partial charge in [-0.15, -0.1) is 0 Å². The van der Waals surface area contributed by atoms with Gasteiger partial charge >= 0.3 is 0 Å². The lowest BCUT2D eigenvalue weighted by Crippen LogP contribution is -2.31. The number of aromatic nitrogens is 2. The molecule has 0 spiro atoms. The Kier molecular flexibility index (Phi) is 2.03. The van der Waals surface area contributed by atoms with Crippen molar-refractivity contribution in [1.29, 1.82) is 0 Å². The molecule has 0 amide bonds. The summed E-state index contributed by atoms with van der Waals surface area (Å²) in [6.45, 7) is 7.28. The van der Waals surface area contributed by atoms with E-state index in [1.54, 1.807) is 4.68 Å². The van der Waals surface area contributed by atoms with Gasteiger partial charge in [0.15, 0.2) is 0 Å². The van der Waals surface area contributed by atoms with E-state index in [1.807, 2.05) is 6.20 Å². The summed E-state index contributed by atoms with van der Waals surface area (Å²) in [5.41, 5.74) is 1.14. The van der Waals surface area contributed by atoms with Gasteiger partial charge in [-0.2, -0.15) is 5.10 Å². The van der Waals surface area contributed by atoms with Crippen molar-refractivity contribution >= 4 is 0 Å². The number of aliphatic hydroxyl groups is 1. The predicted molar refractivity (Wildman–Crippen MR) is 52.4 cm³/mol. The molecule has 1 aromatic rings. The Labute approximate surface area is 83.5 Å². The molecular weight excluding hydrogens is 180 g/mol. The standard InChI is InChI=1S/C10H16N2O2/c1-10(2,3)8-4-11-12-5-7(13)6-14-9(8)12/h4,7,13H,5-6H2,1-3H3/t7-/m1/s1. The molecule has 2 heterocycles. The van der Waals surface area contributed by atoms with Crippen LogP contribution in [-0.2, 0) is 12.0 Å². The molecule has 0 unspecified atom stereocenters. The molecule has 1 N–H and O–H groups in total. The van der Waals surface area contributed by atoms with Crippen LogP contribution in [0.25, 0.3) is 0 Å². The molecule has 1 aromatic heterocycles. The van der Waals surface area contributed by atoms with Gasteiger partial charge in [-0.3, -0.25) is 0 Å². The van der Waals surface area contributed by atoms with Crippen LogP contribution in [0.4, 0.5) is 0 Å². The van der Waals surface area contributed by atoms with Gasteiger partial charge in [0.1, 0.15) is 12.7 Å². The zero-order valence-corrected chi connectivity index (χ0v) is 8.82. The molecule has 78 valence electrons. The van der Waals surface area contributed by atoms with Gasteiger partial charge in [0.2, 0.25) is 5.88 Å². The van der Waals surface area contributed by atoms with E-state index < -0.39 is 6.10 Å². The summed E-state index contributed by atoms with van der Waals surface area (Å²) >= 11 is 0. The van der Waals surface area contributed by atoms with Gasteiger partial charge in [0.25, 0.3) is 0 Å². The highest BCUT2D eigenvalue weighted by Gasteiger charge is 2.27. The molecule has 4 nitrogen and oxygen atoms in total. The number of hydrogen-bond acceptors (Lipinski definition) is 3. The first-order valence-electron chi connectivity index (χ1n) is 4.85. The Morgan fingerprint density at radius 1 is 1.57 bits per heavy atom. The smallest absolute Gasteiger partial charge is 0.215 e. The maximum absolute atomic E-state index is 9.38. The lowest BCUT2D eigenvalue weighted by atomic mass is 9.89. The summed E-state index contributed by atoms with van der Waals surface area (Å²) in [6.07, 6.45) is 1.39. The average Bonchev–Trinajstić information content (AvgIpc) is 2.45. The lowest BCUT2D eigenvalue weighted by Gasteiger charge is -2.24. The highest BCUT2D eigenvalue weighted by atomic mass is 16.5. The zero-order chi connectivity index (χ0) is 10.3. The molecule has 4 heteroatoms. The summed E-state index contributed by atoms with van der Waals surface area (Å²) in [6, 6.07) is 0. The first-order chi connectivity index (χ1) is 6.48. The van der Waals surface area contributed by atoms with Crippen molar-refractivity contribution in [2.24, 2.45) is 0 Å². The van der Waals surface area contributed by atoms with Gasteiger partial charge in [-0.05, 0) is 5.41 Å². The van der Waals surface area contributed by atoms with E-state index >= 15 is 0 Å². The van der Waals surface area contributed by atoms with Crippen LogP contribution in [0.5, 0.6) is 5.88 Å². The van der Waals surface area contributed by atoms with Crippen LogP contribution in [0.3, 0.4) is 0 Å². The maximum atomic E-state index is 9.38. The second kappa shape index (κ2) is 2.98. The molecule has 0 fully saturated rings. The van der Waals surface area contributed by atoms with Crippen LogP contribution in [0, 0.1) is 0 Å². The Hall–Kier alpha value is -1.03. The van der Waals surface area contributed by atoms with Crippen LogP contribution in [0.2, 0.25) is 0 Å². The van der Waals surface area contributed by atoms with Crippen molar-refractivity contribution < 1.29 is 9.84 Å². The third-order valence-electron chi connectivity index (χ3n) is 2.40. The molecule has 0 radical (unpaired) electrons. The molecule has 2 rings (SSSR count). The van der Waals surface area contributed by atoms with Crippen LogP contribution in [-0.4, -0.2) is 27.6 Å².